The van der Waals surface area contributed by atoms with Gasteiger partial charge in [0.2, 0.25) is 0 Å². The predicted octanol–water partition coefficient (Wildman–Crippen LogP) is 2.31. The van der Waals surface area contributed by atoms with Crippen LogP contribution in [-0.2, 0) is 0 Å². The molecule has 3 atom stereocenters. The lowest BCUT2D eigenvalue weighted by Gasteiger charge is -2.43. The molecule has 0 aliphatic carbocycles. The van der Waals surface area contributed by atoms with Crippen molar-refractivity contribution in [2.75, 3.05) is 31.5 Å². The lowest BCUT2D eigenvalue weighted by molar-refractivity contribution is 0.190. The third-order valence-corrected chi connectivity index (χ3v) is 4.77. The summed E-state index contributed by atoms with van der Waals surface area (Å²) >= 11 is 5.92. The van der Waals surface area contributed by atoms with Crippen LogP contribution in [0.2, 0.25) is 5.02 Å². The summed E-state index contributed by atoms with van der Waals surface area (Å²) in [4.78, 5) is 2.47. The summed E-state index contributed by atoms with van der Waals surface area (Å²) in [5.74, 6) is 0.222. The highest BCUT2D eigenvalue weighted by Gasteiger charge is 2.45. The van der Waals surface area contributed by atoms with Crippen molar-refractivity contribution in [1.82, 2.24) is 4.90 Å². The van der Waals surface area contributed by atoms with Gasteiger partial charge in [-0.2, -0.15) is 0 Å². The van der Waals surface area contributed by atoms with Gasteiger partial charge in [-0.15, -0.1) is 0 Å². The average molecular weight is 284 g/mol. The van der Waals surface area contributed by atoms with E-state index in [1.165, 1.54) is 12.1 Å². The van der Waals surface area contributed by atoms with E-state index in [9.17, 15) is 4.39 Å². The van der Waals surface area contributed by atoms with E-state index in [0.717, 1.165) is 38.2 Å². The van der Waals surface area contributed by atoms with Crippen molar-refractivity contribution >= 4 is 17.3 Å². The zero-order chi connectivity index (χ0) is 13.5. The molecule has 0 amide bonds. The Balaban J connectivity index is 1.86. The average Bonchev–Trinajstić information content (AvgIpc) is 2.77. The van der Waals surface area contributed by atoms with Gasteiger partial charge in [-0.25, -0.2) is 4.39 Å². The number of nitrogens with zero attached hydrogens (tertiary/aromatic N) is 1. The summed E-state index contributed by atoms with van der Waals surface area (Å²) in [7, 11) is 0. The van der Waals surface area contributed by atoms with E-state index in [1.807, 2.05) is 0 Å². The molecule has 3 rings (SSSR count). The van der Waals surface area contributed by atoms with E-state index in [4.69, 9.17) is 17.3 Å². The summed E-state index contributed by atoms with van der Waals surface area (Å²) < 4.78 is 13.4. The lowest BCUT2D eigenvalue weighted by atomic mass is 9.78. The SMILES string of the molecule is NCC1(Nc2cc(F)cc(Cl)c2)CCN2CCC1C2. The van der Waals surface area contributed by atoms with Crippen LogP contribution in [0.3, 0.4) is 0 Å². The quantitative estimate of drug-likeness (QED) is 0.894. The molecule has 5 heteroatoms. The molecule has 2 aliphatic rings. The van der Waals surface area contributed by atoms with Crippen LogP contribution in [0, 0.1) is 11.7 Å². The zero-order valence-corrected chi connectivity index (χ0v) is 11.6. The Morgan fingerprint density at radius 3 is 3.00 bits per heavy atom. The lowest BCUT2D eigenvalue weighted by Crippen LogP contribution is -2.56. The minimum absolute atomic E-state index is 0.121. The van der Waals surface area contributed by atoms with Crippen LogP contribution in [0.4, 0.5) is 10.1 Å². The van der Waals surface area contributed by atoms with Gasteiger partial charge in [0, 0.05) is 30.3 Å². The normalized spacial score (nSPS) is 33.4. The topological polar surface area (TPSA) is 41.3 Å². The molecular formula is C14H19ClFN3. The van der Waals surface area contributed by atoms with Crippen molar-refractivity contribution < 1.29 is 4.39 Å². The number of halogens is 2. The number of fused-ring (bicyclic) bond motifs is 2. The van der Waals surface area contributed by atoms with Gasteiger partial charge < -0.3 is 16.0 Å². The van der Waals surface area contributed by atoms with Crippen LogP contribution >= 0.6 is 11.6 Å². The molecule has 0 saturated carbocycles. The van der Waals surface area contributed by atoms with Gasteiger partial charge in [-0.1, -0.05) is 11.6 Å². The number of hydrogen-bond donors (Lipinski definition) is 2. The van der Waals surface area contributed by atoms with E-state index < -0.39 is 0 Å². The molecule has 2 fully saturated rings. The van der Waals surface area contributed by atoms with E-state index >= 15 is 0 Å². The van der Waals surface area contributed by atoms with Crippen LogP contribution in [0.1, 0.15) is 12.8 Å². The standard InChI is InChI=1S/C14H19ClFN3/c15-11-5-12(16)7-13(6-11)18-14(9-17)2-4-19-3-1-10(14)8-19/h5-7,10,18H,1-4,8-9,17H2. The van der Waals surface area contributed by atoms with E-state index in [2.05, 4.69) is 10.2 Å². The van der Waals surface area contributed by atoms with E-state index in [0.29, 0.717) is 17.5 Å². The fraction of sp³-hybridized carbons (Fsp3) is 0.571. The number of benzene rings is 1. The Kier molecular flexibility index (Phi) is 3.41. The van der Waals surface area contributed by atoms with E-state index in [-0.39, 0.29) is 11.4 Å². The monoisotopic (exact) mass is 283 g/mol. The highest BCUT2D eigenvalue weighted by Crippen LogP contribution is 2.37. The van der Waals surface area contributed by atoms with Gasteiger partial charge in [0.1, 0.15) is 5.82 Å². The second-order valence-corrected chi connectivity index (χ2v) is 6.12. The molecule has 104 valence electrons. The molecule has 19 heavy (non-hydrogen) atoms. The minimum Gasteiger partial charge on any atom is -0.378 e. The van der Waals surface area contributed by atoms with Gasteiger partial charge in [0.15, 0.2) is 0 Å². The number of nitrogens with one attached hydrogen (secondary N) is 1. The van der Waals surface area contributed by atoms with E-state index in [1.54, 1.807) is 6.07 Å². The van der Waals surface area contributed by atoms with Crippen molar-refractivity contribution in [1.29, 1.82) is 0 Å². The molecule has 2 heterocycles. The van der Waals surface area contributed by atoms with Gasteiger partial charge in [0.05, 0.1) is 5.54 Å². The molecule has 3 nitrogen and oxygen atoms in total. The number of nitrogens with two attached hydrogens (primary N) is 1. The van der Waals surface area contributed by atoms with Crippen molar-refractivity contribution in [2.24, 2.45) is 11.7 Å². The largest absolute Gasteiger partial charge is 0.378 e. The summed E-state index contributed by atoms with van der Waals surface area (Å²) in [6.45, 7) is 3.87. The van der Waals surface area contributed by atoms with Crippen molar-refractivity contribution in [3.8, 4) is 0 Å². The maximum absolute atomic E-state index is 13.4. The predicted molar refractivity (Wildman–Crippen MR) is 76.0 cm³/mol. The fourth-order valence-electron chi connectivity index (χ4n) is 3.45. The van der Waals surface area contributed by atoms with Gasteiger partial charge in [-0.05, 0) is 43.5 Å². The molecule has 2 bridgehead atoms. The van der Waals surface area contributed by atoms with Gasteiger partial charge >= 0.3 is 0 Å². The maximum Gasteiger partial charge on any atom is 0.126 e. The molecule has 0 spiro atoms. The van der Waals surface area contributed by atoms with Crippen LogP contribution in [0.25, 0.3) is 0 Å². The smallest absolute Gasteiger partial charge is 0.126 e. The highest BCUT2D eigenvalue weighted by atomic mass is 35.5. The Bertz CT molecular complexity index is 462. The van der Waals surface area contributed by atoms with Crippen molar-refractivity contribution in [3.05, 3.63) is 29.0 Å². The second-order valence-electron chi connectivity index (χ2n) is 5.68. The Morgan fingerprint density at radius 2 is 2.26 bits per heavy atom. The third kappa shape index (κ3) is 2.45. The molecule has 0 aromatic heterocycles. The van der Waals surface area contributed by atoms with Crippen molar-refractivity contribution in [2.45, 2.75) is 18.4 Å². The highest BCUT2D eigenvalue weighted by molar-refractivity contribution is 6.30. The first-order valence-corrected chi connectivity index (χ1v) is 7.16. The summed E-state index contributed by atoms with van der Waals surface area (Å²) in [5.41, 5.74) is 6.65. The van der Waals surface area contributed by atoms with Gasteiger partial charge in [0.25, 0.3) is 0 Å². The maximum atomic E-state index is 13.4. The van der Waals surface area contributed by atoms with Crippen LogP contribution in [0.15, 0.2) is 18.2 Å². The summed E-state index contributed by atoms with van der Waals surface area (Å²) in [6, 6.07) is 4.58. The molecule has 3 N–H and O–H groups in total. The summed E-state index contributed by atoms with van der Waals surface area (Å²) in [6.07, 6.45) is 2.16. The Morgan fingerprint density at radius 1 is 1.42 bits per heavy atom. The molecule has 3 unspecified atom stereocenters. The Hall–Kier alpha value is -0.840. The Labute approximate surface area is 117 Å². The summed E-state index contributed by atoms with van der Waals surface area (Å²) in [5, 5.41) is 3.89. The van der Waals surface area contributed by atoms with Crippen LogP contribution in [0.5, 0.6) is 0 Å². The second kappa shape index (κ2) is 4.93. The molecular weight excluding hydrogens is 265 g/mol. The number of hydrogen-bond acceptors (Lipinski definition) is 3. The fourth-order valence-corrected chi connectivity index (χ4v) is 3.67. The molecule has 2 aliphatic heterocycles. The molecule has 2 saturated heterocycles. The number of rotatable bonds is 3. The van der Waals surface area contributed by atoms with Crippen molar-refractivity contribution in [3.63, 3.8) is 0 Å². The molecule has 1 aromatic carbocycles. The first kappa shape index (κ1) is 13.2. The van der Waals surface area contributed by atoms with Crippen LogP contribution < -0.4 is 11.1 Å². The van der Waals surface area contributed by atoms with Gasteiger partial charge in [-0.3, -0.25) is 0 Å². The van der Waals surface area contributed by atoms with Crippen LogP contribution in [-0.4, -0.2) is 36.6 Å². The minimum atomic E-state index is -0.314. The molecule has 0 radical (unpaired) electrons. The third-order valence-electron chi connectivity index (χ3n) is 4.55. The first-order valence-electron chi connectivity index (χ1n) is 6.78. The first-order chi connectivity index (χ1) is 9.11. The number of piperidine rings is 1. The number of anilines is 1. The zero-order valence-electron chi connectivity index (χ0n) is 10.8. The molecule has 1 aromatic rings.